The number of aryl methyl sites for hydroxylation is 1. The molecule has 2 aromatic heterocycles. The summed E-state index contributed by atoms with van der Waals surface area (Å²) in [6.07, 6.45) is 2.94. The molecule has 8 heteroatoms. The zero-order valence-electron chi connectivity index (χ0n) is 18.3. The molecule has 164 valence electrons. The number of carbonyl (C=O) groups is 1. The molecule has 0 amide bonds. The monoisotopic (exact) mass is 448 g/mol. The lowest BCUT2D eigenvalue weighted by Gasteiger charge is -2.15. The van der Waals surface area contributed by atoms with Crippen molar-refractivity contribution in [3.8, 4) is 11.1 Å². The second kappa shape index (κ2) is 8.12. The average molecular weight is 449 g/mol. The highest BCUT2D eigenvalue weighted by molar-refractivity contribution is 7.92. The molecular formula is C24H24N4O3S. The lowest BCUT2D eigenvalue weighted by Crippen LogP contribution is -2.13. The molecule has 32 heavy (non-hydrogen) atoms. The third-order valence-electron chi connectivity index (χ3n) is 5.06. The predicted octanol–water partition coefficient (Wildman–Crippen LogP) is 4.21. The number of rotatable bonds is 6. The number of hydrogen-bond acceptors (Lipinski definition) is 5. The Morgan fingerprint density at radius 3 is 2.50 bits per heavy atom. The van der Waals surface area contributed by atoms with E-state index in [0.717, 1.165) is 34.0 Å². The first-order chi connectivity index (χ1) is 15.1. The molecule has 0 aliphatic rings. The van der Waals surface area contributed by atoms with Crippen LogP contribution >= 0.6 is 0 Å². The predicted molar refractivity (Wildman–Crippen MR) is 129 cm³/mol. The number of ketones is 1. The fourth-order valence-corrected chi connectivity index (χ4v) is 4.25. The van der Waals surface area contributed by atoms with Gasteiger partial charge >= 0.3 is 0 Å². The third-order valence-corrected chi connectivity index (χ3v) is 5.67. The van der Waals surface area contributed by atoms with Gasteiger partial charge in [0.2, 0.25) is 10.0 Å². The smallest absolute Gasteiger partial charge is 0.229 e. The van der Waals surface area contributed by atoms with Gasteiger partial charge in [-0.05, 0) is 60.5 Å². The van der Waals surface area contributed by atoms with Crippen LogP contribution in [0.15, 0.2) is 60.8 Å². The molecule has 0 saturated carbocycles. The van der Waals surface area contributed by atoms with Crippen LogP contribution in [-0.4, -0.2) is 44.5 Å². The summed E-state index contributed by atoms with van der Waals surface area (Å²) in [7, 11) is 0.203. The Balaban J connectivity index is 1.89. The number of nitrogens with one attached hydrogen (secondary N) is 2. The first-order valence-electron chi connectivity index (χ1n) is 10.0. The van der Waals surface area contributed by atoms with E-state index in [9.17, 15) is 13.2 Å². The summed E-state index contributed by atoms with van der Waals surface area (Å²) in [6.45, 7) is 1.84. The maximum atomic E-state index is 13.5. The van der Waals surface area contributed by atoms with Gasteiger partial charge in [0.1, 0.15) is 5.82 Å². The summed E-state index contributed by atoms with van der Waals surface area (Å²) in [5, 5.41) is 0.983. The Bertz CT molecular complexity index is 1440. The van der Waals surface area contributed by atoms with Crippen LogP contribution in [0.5, 0.6) is 0 Å². The second-order valence-electron chi connectivity index (χ2n) is 8.00. The fraction of sp³-hybridized carbons (Fsp3) is 0.167. The van der Waals surface area contributed by atoms with Crippen molar-refractivity contribution in [2.45, 2.75) is 6.92 Å². The molecule has 0 spiro atoms. The largest absolute Gasteiger partial charge is 0.363 e. The van der Waals surface area contributed by atoms with E-state index in [-0.39, 0.29) is 5.78 Å². The van der Waals surface area contributed by atoms with Crippen LogP contribution in [0.2, 0.25) is 0 Å². The molecule has 2 heterocycles. The van der Waals surface area contributed by atoms with Gasteiger partial charge in [-0.15, -0.1) is 0 Å². The number of benzene rings is 2. The topological polar surface area (TPSA) is 95.2 Å². The summed E-state index contributed by atoms with van der Waals surface area (Å²) < 4.78 is 26.4. The first kappa shape index (κ1) is 21.6. The molecule has 4 aromatic rings. The van der Waals surface area contributed by atoms with Crippen molar-refractivity contribution >= 4 is 38.2 Å². The van der Waals surface area contributed by atoms with E-state index in [2.05, 4.69) is 14.7 Å². The number of nitrogens with zero attached hydrogens (tertiary/aromatic N) is 2. The molecule has 2 aromatic carbocycles. The summed E-state index contributed by atoms with van der Waals surface area (Å²) in [6, 6.07) is 16.4. The van der Waals surface area contributed by atoms with E-state index in [4.69, 9.17) is 0 Å². The number of fused-ring (bicyclic) bond motifs is 1. The van der Waals surface area contributed by atoms with Gasteiger partial charge in [-0.3, -0.25) is 9.52 Å². The van der Waals surface area contributed by atoms with Crippen molar-refractivity contribution in [3.05, 3.63) is 77.6 Å². The molecular weight excluding hydrogens is 424 g/mol. The van der Waals surface area contributed by atoms with Gasteiger partial charge in [0.15, 0.2) is 5.78 Å². The van der Waals surface area contributed by atoms with E-state index < -0.39 is 10.0 Å². The van der Waals surface area contributed by atoms with Gasteiger partial charge in [0, 0.05) is 53.7 Å². The van der Waals surface area contributed by atoms with Crippen molar-refractivity contribution < 1.29 is 13.2 Å². The van der Waals surface area contributed by atoms with E-state index >= 15 is 0 Å². The van der Waals surface area contributed by atoms with Crippen molar-refractivity contribution in [2.24, 2.45) is 0 Å². The normalized spacial score (nSPS) is 11.5. The highest BCUT2D eigenvalue weighted by Crippen LogP contribution is 2.32. The van der Waals surface area contributed by atoms with Crippen molar-refractivity contribution in [1.82, 2.24) is 9.97 Å². The molecule has 2 N–H and O–H groups in total. The Kier molecular flexibility index (Phi) is 5.48. The maximum absolute atomic E-state index is 13.5. The van der Waals surface area contributed by atoms with Gasteiger partial charge in [-0.25, -0.2) is 13.4 Å². The molecule has 0 atom stereocenters. The van der Waals surface area contributed by atoms with E-state index in [0.29, 0.717) is 22.6 Å². The summed E-state index contributed by atoms with van der Waals surface area (Å²) >= 11 is 0. The minimum absolute atomic E-state index is 0.210. The van der Waals surface area contributed by atoms with Crippen LogP contribution in [0.3, 0.4) is 0 Å². The first-order valence-corrected chi connectivity index (χ1v) is 11.9. The van der Waals surface area contributed by atoms with Gasteiger partial charge in [0.25, 0.3) is 0 Å². The van der Waals surface area contributed by atoms with E-state index in [1.54, 1.807) is 30.3 Å². The number of aromatic nitrogens is 2. The van der Waals surface area contributed by atoms with E-state index in [1.165, 1.54) is 0 Å². The number of H-pyrrole nitrogens is 1. The van der Waals surface area contributed by atoms with Crippen LogP contribution in [0.25, 0.3) is 22.0 Å². The standard InChI is InChI=1S/C24H24N4O3S/c1-15-10-17(14-23(26-15)28(2)3)24(29)18-11-16(12-19(13-18)27-32(4,30)31)20-6-5-7-22-21(20)8-9-25-22/h5-14,25,27H,1-4H3. The van der Waals surface area contributed by atoms with E-state index in [1.807, 2.05) is 56.4 Å². The average Bonchev–Trinajstić information content (AvgIpc) is 3.20. The molecule has 7 nitrogen and oxygen atoms in total. The highest BCUT2D eigenvalue weighted by Gasteiger charge is 2.17. The lowest BCUT2D eigenvalue weighted by atomic mass is 9.95. The zero-order chi connectivity index (χ0) is 23.0. The fourth-order valence-electron chi connectivity index (χ4n) is 3.70. The Morgan fingerprint density at radius 2 is 1.78 bits per heavy atom. The Morgan fingerprint density at radius 1 is 1.03 bits per heavy atom. The summed E-state index contributed by atoms with van der Waals surface area (Å²) in [5.41, 5.74) is 4.53. The molecule has 0 aliphatic carbocycles. The number of carbonyl (C=O) groups excluding carboxylic acids is 1. The van der Waals surface area contributed by atoms with Crippen molar-refractivity contribution in [3.63, 3.8) is 0 Å². The number of pyridine rings is 1. The minimum Gasteiger partial charge on any atom is -0.363 e. The Labute approximate surface area is 187 Å². The molecule has 0 saturated heterocycles. The number of aromatic amines is 1. The van der Waals surface area contributed by atoms with Crippen molar-refractivity contribution in [1.29, 1.82) is 0 Å². The van der Waals surface area contributed by atoms with Crippen LogP contribution in [0.1, 0.15) is 21.6 Å². The summed E-state index contributed by atoms with van der Waals surface area (Å²) in [4.78, 5) is 22.9. The molecule has 4 rings (SSSR count). The molecule has 0 aliphatic heterocycles. The molecule has 0 bridgehead atoms. The zero-order valence-corrected chi connectivity index (χ0v) is 19.1. The number of anilines is 2. The van der Waals surface area contributed by atoms with Gasteiger partial charge in [-0.1, -0.05) is 12.1 Å². The summed E-state index contributed by atoms with van der Waals surface area (Å²) in [5.74, 6) is 0.467. The minimum atomic E-state index is -3.52. The van der Waals surface area contributed by atoms with Gasteiger partial charge in [-0.2, -0.15) is 0 Å². The number of sulfonamides is 1. The molecule has 0 radical (unpaired) electrons. The van der Waals surface area contributed by atoms with Crippen LogP contribution < -0.4 is 9.62 Å². The maximum Gasteiger partial charge on any atom is 0.229 e. The SMILES string of the molecule is Cc1cc(C(=O)c2cc(NS(C)(=O)=O)cc(-c3cccc4[nH]ccc34)c2)cc(N(C)C)n1. The van der Waals surface area contributed by atoms with Crippen LogP contribution in [-0.2, 0) is 10.0 Å². The molecule has 0 fully saturated rings. The second-order valence-corrected chi connectivity index (χ2v) is 9.75. The molecule has 0 unspecified atom stereocenters. The quantitative estimate of drug-likeness (QED) is 0.431. The van der Waals surface area contributed by atoms with Crippen molar-refractivity contribution in [2.75, 3.05) is 30.0 Å². The van der Waals surface area contributed by atoms with Crippen LogP contribution in [0, 0.1) is 6.92 Å². The number of hydrogen-bond donors (Lipinski definition) is 2. The van der Waals surface area contributed by atoms with Crippen LogP contribution in [0.4, 0.5) is 11.5 Å². The highest BCUT2D eigenvalue weighted by atomic mass is 32.2. The van der Waals surface area contributed by atoms with Gasteiger partial charge < -0.3 is 9.88 Å². The Hall–Kier alpha value is -3.65. The lowest BCUT2D eigenvalue weighted by molar-refractivity contribution is 0.103. The van der Waals surface area contributed by atoms with Gasteiger partial charge in [0.05, 0.1) is 6.26 Å². The third kappa shape index (κ3) is 4.50.